The second-order valence-electron chi connectivity index (χ2n) is 6.68. The number of piperazine rings is 1. The summed E-state index contributed by atoms with van der Waals surface area (Å²) in [5.74, 6) is 0.423. The highest BCUT2D eigenvalue weighted by Gasteiger charge is 2.37. The third-order valence-electron chi connectivity index (χ3n) is 4.40. The molecule has 2 rings (SSSR count). The zero-order valence-corrected chi connectivity index (χ0v) is 16.5. The third-order valence-corrected chi connectivity index (χ3v) is 6.64. The van der Waals surface area contributed by atoms with Gasteiger partial charge in [0.2, 0.25) is 10.0 Å². The quantitative estimate of drug-likeness (QED) is 0.886. The van der Waals surface area contributed by atoms with Crippen molar-refractivity contribution in [3.05, 3.63) is 11.4 Å². The highest BCUT2D eigenvalue weighted by atomic mass is 35.5. The molecule has 0 radical (unpaired) electrons. The van der Waals surface area contributed by atoms with E-state index in [1.807, 2.05) is 25.5 Å². The van der Waals surface area contributed by atoms with Crippen LogP contribution in [0.15, 0.2) is 4.90 Å². The molecule has 23 heavy (non-hydrogen) atoms. The van der Waals surface area contributed by atoms with Crippen molar-refractivity contribution >= 4 is 22.4 Å². The summed E-state index contributed by atoms with van der Waals surface area (Å²) in [6, 6.07) is 0.0841. The van der Waals surface area contributed by atoms with Gasteiger partial charge in [0.25, 0.3) is 0 Å². The molecule has 2 atom stereocenters. The summed E-state index contributed by atoms with van der Waals surface area (Å²) < 4.78 is 29.7. The maximum atomic E-state index is 13.1. The summed E-state index contributed by atoms with van der Waals surface area (Å²) in [6.07, 6.45) is 0. The Balaban J connectivity index is 0.00000264. The molecule has 1 fully saturated rings. The average Bonchev–Trinajstić information content (AvgIpc) is 2.67. The molecule has 1 aliphatic heterocycles. The van der Waals surface area contributed by atoms with Gasteiger partial charge in [0, 0.05) is 31.7 Å². The van der Waals surface area contributed by atoms with Gasteiger partial charge in [0.05, 0.1) is 11.4 Å². The second-order valence-corrected chi connectivity index (χ2v) is 8.50. The molecule has 0 spiro atoms. The van der Waals surface area contributed by atoms with Gasteiger partial charge in [-0.05, 0) is 33.6 Å². The molecule has 0 saturated carbocycles. The lowest BCUT2D eigenvalue weighted by Gasteiger charge is -2.37. The Hall–Kier alpha value is -0.630. The van der Waals surface area contributed by atoms with Crippen LogP contribution in [0.1, 0.15) is 39.1 Å². The molecule has 2 unspecified atom stereocenters. The first-order chi connectivity index (χ1) is 10.2. The standard InChI is InChI=1S/C15H28N4O2S.ClH/c1-10(2)9-18-14(6)15(12(4)17-18)22(20,21)19-8-7-16-11(3)13(19)5;/h10-11,13,16H,7-9H2,1-6H3;1H. The number of rotatable bonds is 4. The topological polar surface area (TPSA) is 67.2 Å². The van der Waals surface area contributed by atoms with Crippen LogP contribution in [-0.2, 0) is 16.6 Å². The molecule has 6 nitrogen and oxygen atoms in total. The molecule has 1 N–H and O–H groups in total. The van der Waals surface area contributed by atoms with Crippen molar-refractivity contribution in [1.29, 1.82) is 0 Å². The van der Waals surface area contributed by atoms with Gasteiger partial charge in [-0.1, -0.05) is 13.8 Å². The summed E-state index contributed by atoms with van der Waals surface area (Å²) in [6.45, 7) is 13.7. The monoisotopic (exact) mass is 364 g/mol. The molecule has 134 valence electrons. The maximum absolute atomic E-state index is 13.1. The van der Waals surface area contributed by atoms with E-state index in [1.165, 1.54) is 0 Å². The lowest BCUT2D eigenvalue weighted by atomic mass is 10.1. The van der Waals surface area contributed by atoms with Crippen LogP contribution in [0, 0.1) is 19.8 Å². The van der Waals surface area contributed by atoms with Crippen molar-refractivity contribution in [2.75, 3.05) is 13.1 Å². The molecule has 8 heteroatoms. The van der Waals surface area contributed by atoms with Crippen molar-refractivity contribution in [2.45, 2.75) is 65.1 Å². The van der Waals surface area contributed by atoms with E-state index < -0.39 is 10.0 Å². The summed E-state index contributed by atoms with van der Waals surface area (Å²) in [5, 5.41) is 7.77. The molecule has 1 aromatic rings. The van der Waals surface area contributed by atoms with E-state index in [1.54, 1.807) is 11.2 Å². The van der Waals surface area contributed by atoms with Crippen molar-refractivity contribution in [3.63, 3.8) is 0 Å². The van der Waals surface area contributed by atoms with Crippen LogP contribution in [0.5, 0.6) is 0 Å². The van der Waals surface area contributed by atoms with Crippen LogP contribution in [-0.4, -0.2) is 47.7 Å². The Labute approximate surface area is 146 Å². The summed E-state index contributed by atoms with van der Waals surface area (Å²) in [5.41, 5.74) is 1.33. The Morgan fingerprint density at radius 1 is 1.30 bits per heavy atom. The molecule has 1 aromatic heterocycles. The van der Waals surface area contributed by atoms with Crippen LogP contribution in [0.4, 0.5) is 0 Å². The zero-order chi connectivity index (χ0) is 16.7. The molecule has 2 heterocycles. The highest BCUT2D eigenvalue weighted by molar-refractivity contribution is 7.89. The van der Waals surface area contributed by atoms with E-state index in [0.29, 0.717) is 29.6 Å². The number of nitrogens with zero attached hydrogens (tertiary/aromatic N) is 3. The Morgan fingerprint density at radius 3 is 2.48 bits per heavy atom. The number of nitrogens with one attached hydrogen (secondary N) is 1. The number of sulfonamides is 1. The van der Waals surface area contributed by atoms with E-state index >= 15 is 0 Å². The molecule has 0 amide bonds. The van der Waals surface area contributed by atoms with Gasteiger partial charge >= 0.3 is 0 Å². The smallest absolute Gasteiger partial charge is 0.247 e. The number of hydrogen-bond donors (Lipinski definition) is 1. The predicted molar refractivity (Wildman–Crippen MR) is 94.6 cm³/mol. The van der Waals surface area contributed by atoms with Gasteiger partial charge in [-0.25, -0.2) is 8.42 Å². The summed E-state index contributed by atoms with van der Waals surface area (Å²) in [4.78, 5) is 0.383. The third kappa shape index (κ3) is 3.90. The molecule has 1 aliphatic rings. The summed E-state index contributed by atoms with van der Waals surface area (Å²) in [7, 11) is -3.51. The molecule has 0 aliphatic carbocycles. The first-order valence-corrected chi connectivity index (χ1v) is 9.39. The van der Waals surface area contributed by atoms with Gasteiger partial charge in [0.15, 0.2) is 0 Å². The SMILES string of the molecule is Cc1nn(CC(C)C)c(C)c1S(=O)(=O)N1CCNC(C)C1C.Cl. The summed E-state index contributed by atoms with van der Waals surface area (Å²) >= 11 is 0. The number of halogens is 1. The second kappa shape index (κ2) is 7.51. The van der Waals surface area contributed by atoms with E-state index in [-0.39, 0.29) is 24.5 Å². The number of hydrogen-bond acceptors (Lipinski definition) is 4. The van der Waals surface area contributed by atoms with Crippen LogP contribution in [0.25, 0.3) is 0 Å². The minimum Gasteiger partial charge on any atom is -0.311 e. The van der Waals surface area contributed by atoms with Crippen molar-refractivity contribution in [2.24, 2.45) is 5.92 Å². The average molecular weight is 365 g/mol. The predicted octanol–water partition coefficient (Wildman–Crippen LogP) is 1.95. The lowest BCUT2D eigenvalue weighted by molar-refractivity contribution is 0.232. The fourth-order valence-corrected chi connectivity index (χ4v) is 5.14. The Bertz CT molecular complexity index is 642. The first kappa shape index (κ1) is 20.4. The van der Waals surface area contributed by atoms with Gasteiger partial charge < -0.3 is 5.32 Å². The molecule has 0 aromatic carbocycles. The maximum Gasteiger partial charge on any atom is 0.247 e. The Kier molecular flexibility index (Phi) is 6.66. The minimum atomic E-state index is -3.51. The van der Waals surface area contributed by atoms with Gasteiger partial charge in [-0.2, -0.15) is 9.40 Å². The number of aryl methyl sites for hydroxylation is 1. The van der Waals surface area contributed by atoms with Gasteiger partial charge in [-0.3, -0.25) is 4.68 Å². The van der Waals surface area contributed by atoms with E-state index in [0.717, 1.165) is 12.2 Å². The molecular formula is C15H29ClN4O2S. The number of aromatic nitrogens is 2. The molecular weight excluding hydrogens is 336 g/mol. The van der Waals surface area contributed by atoms with Gasteiger partial charge in [-0.15, -0.1) is 12.4 Å². The normalized spacial score (nSPS) is 23.1. The van der Waals surface area contributed by atoms with Crippen LogP contribution in [0.3, 0.4) is 0 Å². The minimum absolute atomic E-state index is 0. The van der Waals surface area contributed by atoms with Crippen molar-refractivity contribution < 1.29 is 8.42 Å². The van der Waals surface area contributed by atoms with E-state index in [4.69, 9.17) is 0 Å². The van der Waals surface area contributed by atoms with Crippen molar-refractivity contribution in [1.82, 2.24) is 19.4 Å². The fraction of sp³-hybridized carbons (Fsp3) is 0.800. The van der Waals surface area contributed by atoms with E-state index in [2.05, 4.69) is 24.3 Å². The molecule has 1 saturated heterocycles. The first-order valence-electron chi connectivity index (χ1n) is 7.95. The largest absolute Gasteiger partial charge is 0.311 e. The zero-order valence-electron chi connectivity index (χ0n) is 14.8. The fourth-order valence-electron chi connectivity index (χ4n) is 3.06. The van der Waals surface area contributed by atoms with Crippen LogP contribution < -0.4 is 5.32 Å². The Morgan fingerprint density at radius 2 is 1.91 bits per heavy atom. The van der Waals surface area contributed by atoms with Crippen LogP contribution >= 0.6 is 12.4 Å². The van der Waals surface area contributed by atoms with E-state index in [9.17, 15) is 8.42 Å². The van der Waals surface area contributed by atoms with Crippen LogP contribution in [0.2, 0.25) is 0 Å². The lowest BCUT2D eigenvalue weighted by Crippen LogP contribution is -2.57. The highest BCUT2D eigenvalue weighted by Crippen LogP contribution is 2.27. The van der Waals surface area contributed by atoms with Crippen molar-refractivity contribution in [3.8, 4) is 0 Å². The van der Waals surface area contributed by atoms with Gasteiger partial charge in [0.1, 0.15) is 4.90 Å². The molecule has 0 bridgehead atoms.